The summed E-state index contributed by atoms with van der Waals surface area (Å²) in [6.45, 7) is 8.11. The summed E-state index contributed by atoms with van der Waals surface area (Å²) in [5.41, 5.74) is 0.608. The molecular weight excluding hydrogens is 290 g/mol. The van der Waals surface area contributed by atoms with Gasteiger partial charge in [0, 0.05) is 6.54 Å². The first-order valence-electron chi connectivity index (χ1n) is 8.35. The van der Waals surface area contributed by atoms with Crippen LogP contribution in [0.3, 0.4) is 0 Å². The molecule has 1 aromatic carbocycles. The lowest BCUT2D eigenvalue weighted by molar-refractivity contribution is -0.127. The third kappa shape index (κ3) is 2.98. The van der Waals surface area contributed by atoms with Crippen molar-refractivity contribution in [2.75, 3.05) is 29.9 Å². The molecule has 1 fully saturated rings. The van der Waals surface area contributed by atoms with E-state index in [1.54, 1.807) is 18.7 Å². The van der Waals surface area contributed by atoms with Crippen molar-refractivity contribution < 1.29 is 9.59 Å². The molecule has 124 valence electrons. The largest absolute Gasteiger partial charge is 0.322 e. The van der Waals surface area contributed by atoms with Crippen LogP contribution in [-0.4, -0.2) is 41.9 Å². The fraction of sp³-hybridized carbons (Fsp3) is 0.556. The Morgan fingerprint density at radius 2 is 2.09 bits per heavy atom. The summed E-state index contributed by atoms with van der Waals surface area (Å²) in [5, 5.41) is 2.90. The first-order chi connectivity index (χ1) is 10.9. The summed E-state index contributed by atoms with van der Waals surface area (Å²) in [5.74, 6) is 0.476. The maximum Gasteiger partial charge on any atom is 0.250 e. The summed E-state index contributed by atoms with van der Waals surface area (Å²) >= 11 is 0. The van der Waals surface area contributed by atoms with Crippen molar-refractivity contribution in [1.82, 2.24) is 4.90 Å². The lowest BCUT2D eigenvalue weighted by atomic mass is 9.95. The lowest BCUT2D eigenvalue weighted by Gasteiger charge is -2.43. The Kier molecular flexibility index (Phi) is 4.15. The molecule has 2 amide bonds. The second-order valence-electron chi connectivity index (χ2n) is 7.24. The molecule has 0 bridgehead atoms. The summed E-state index contributed by atoms with van der Waals surface area (Å²) < 4.78 is 0. The summed E-state index contributed by atoms with van der Waals surface area (Å²) in [4.78, 5) is 29.3. The van der Waals surface area contributed by atoms with Crippen LogP contribution in [0.25, 0.3) is 0 Å². The summed E-state index contributed by atoms with van der Waals surface area (Å²) in [6.07, 6.45) is 2.36. The van der Waals surface area contributed by atoms with E-state index < -0.39 is 5.54 Å². The number of benzene rings is 1. The SMILES string of the molecule is C[C@H]1CCCN(CC(=O)N2c3ccccc3NC(=O)C2(C)C)C1. The van der Waals surface area contributed by atoms with Gasteiger partial charge in [-0.05, 0) is 51.3 Å². The summed E-state index contributed by atoms with van der Waals surface area (Å²) in [7, 11) is 0. The van der Waals surface area contributed by atoms with Crippen LogP contribution in [0.4, 0.5) is 11.4 Å². The fourth-order valence-electron chi connectivity index (χ4n) is 3.59. The van der Waals surface area contributed by atoms with E-state index in [-0.39, 0.29) is 11.8 Å². The number of para-hydroxylation sites is 2. The van der Waals surface area contributed by atoms with E-state index >= 15 is 0 Å². The van der Waals surface area contributed by atoms with E-state index in [1.165, 1.54) is 6.42 Å². The van der Waals surface area contributed by atoms with Crippen LogP contribution in [-0.2, 0) is 9.59 Å². The molecule has 0 aliphatic carbocycles. The number of hydrogen-bond acceptors (Lipinski definition) is 3. The highest BCUT2D eigenvalue weighted by molar-refractivity contribution is 6.14. The minimum atomic E-state index is -0.882. The molecule has 23 heavy (non-hydrogen) atoms. The topological polar surface area (TPSA) is 52.7 Å². The minimum Gasteiger partial charge on any atom is -0.322 e. The molecule has 0 spiro atoms. The van der Waals surface area contributed by atoms with Gasteiger partial charge in [0.15, 0.2) is 0 Å². The van der Waals surface area contributed by atoms with Crippen LogP contribution in [0.1, 0.15) is 33.6 Å². The van der Waals surface area contributed by atoms with E-state index in [0.29, 0.717) is 18.2 Å². The predicted molar refractivity (Wildman–Crippen MR) is 91.5 cm³/mol. The number of amides is 2. The molecule has 5 nitrogen and oxygen atoms in total. The molecule has 3 rings (SSSR count). The average Bonchev–Trinajstić information content (AvgIpc) is 2.48. The molecule has 0 radical (unpaired) electrons. The van der Waals surface area contributed by atoms with Gasteiger partial charge in [0.25, 0.3) is 0 Å². The minimum absolute atomic E-state index is 0.00796. The van der Waals surface area contributed by atoms with Crippen LogP contribution < -0.4 is 10.2 Å². The quantitative estimate of drug-likeness (QED) is 0.912. The van der Waals surface area contributed by atoms with E-state index in [4.69, 9.17) is 0 Å². The van der Waals surface area contributed by atoms with Crippen LogP contribution in [0.15, 0.2) is 24.3 Å². The van der Waals surface area contributed by atoms with Crippen LogP contribution in [0.5, 0.6) is 0 Å². The summed E-state index contributed by atoms with van der Waals surface area (Å²) in [6, 6.07) is 7.50. The monoisotopic (exact) mass is 315 g/mol. The molecule has 2 heterocycles. The Hall–Kier alpha value is -1.88. The first kappa shape index (κ1) is 16.0. The number of piperidine rings is 1. The van der Waals surface area contributed by atoms with E-state index in [9.17, 15) is 9.59 Å². The van der Waals surface area contributed by atoms with Crippen LogP contribution in [0, 0.1) is 5.92 Å². The van der Waals surface area contributed by atoms with Gasteiger partial charge in [-0.2, -0.15) is 0 Å². The fourth-order valence-corrected chi connectivity index (χ4v) is 3.59. The maximum absolute atomic E-state index is 13.0. The Morgan fingerprint density at radius 3 is 2.83 bits per heavy atom. The number of rotatable bonds is 2. The van der Waals surface area contributed by atoms with E-state index in [1.807, 2.05) is 24.3 Å². The molecule has 5 heteroatoms. The van der Waals surface area contributed by atoms with Crippen LogP contribution >= 0.6 is 0 Å². The number of likely N-dealkylation sites (tertiary alicyclic amines) is 1. The molecule has 2 aliphatic rings. The zero-order valence-electron chi connectivity index (χ0n) is 14.1. The Balaban J connectivity index is 1.86. The van der Waals surface area contributed by atoms with E-state index in [2.05, 4.69) is 17.1 Å². The standard InChI is InChI=1S/C18H25N3O2/c1-13-7-6-10-20(11-13)12-16(22)21-15-9-5-4-8-14(15)19-17(23)18(21,2)3/h4-5,8-9,13H,6-7,10-12H2,1-3H3,(H,19,23)/t13-/m0/s1. The molecule has 0 saturated carbocycles. The Labute approximate surface area is 137 Å². The normalized spacial score (nSPS) is 24.0. The van der Waals surface area contributed by atoms with Crippen molar-refractivity contribution in [2.45, 2.75) is 39.2 Å². The second kappa shape index (κ2) is 5.96. The average molecular weight is 315 g/mol. The van der Waals surface area contributed by atoms with Crippen molar-refractivity contribution in [1.29, 1.82) is 0 Å². The van der Waals surface area contributed by atoms with Gasteiger partial charge in [0.2, 0.25) is 11.8 Å². The van der Waals surface area contributed by atoms with Gasteiger partial charge >= 0.3 is 0 Å². The highest BCUT2D eigenvalue weighted by Gasteiger charge is 2.43. The van der Waals surface area contributed by atoms with Crippen molar-refractivity contribution in [2.24, 2.45) is 5.92 Å². The number of nitrogens with one attached hydrogen (secondary N) is 1. The highest BCUT2D eigenvalue weighted by Crippen LogP contribution is 2.36. The van der Waals surface area contributed by atoms with Gasteiger partial charge in [-0.25, -0.2) is 0 Å². The predicted octanol–water partition coefficient (Wildman–Crippen LogP) is 2.48. The van der Waals surface area contributed by atoms with Gasteiger partial charge < -0.3 is 5.32 Å². The van der Waals surface area contributed by atoms with Gasteiger partial charge in [-0.1, -0.05) is 19.1 Å². The van der Waals surface area contributed by atoms with E-state index in [0.717, 1.165) is 25.2 Å². The van der Waals surface area contributed by atoms with Crippen molar-refractivity contribution in [3.8, 4) is 0 Å². The van der Waals surface area contributed by atoms with Crippen molar-refractivity contribution >= 4 is 23.2 Å². The molecule has 1 saturated heterocycles. The number of fused-ring (bicyclic) bond motifs is 1. The highest BCUT2D eigenvalue weighted by atomic mass is 16.2. The van der Waals surface area contributed by atoms with Crippen LogP contribution in [0.2, 0.25) is 0 Å². The number of hydrogen-bond donors (Lipinski definition) is 1. The van der Waals surface area contributed by atoms with Gasteiger partial charge in [-0.15, -0.1) is 0 Å². The molecule has 1 aromatic rings. The Morgan fingerprint density at radius 1 is 1.35 bits per heavy atom. The van der Waals surface area contributed by atoms with Gasteiger partial charge in [-0.3, -0.25) is 19.4 Å². The number of carbonyl (C=O) groups is 2. The molecular formula is C18H25N3O2. The molecule has 0 unspecified atom stereocenters. The van der Waals surface area contributed by atoms with Crippen molar-refractivity contribution in [3.05, 3.63) is 24.3 Å². The molecule has 0 aromatic heterocycles. The number of nitrogens with zero attached hydrogens (tertiary/aromatic N) is 2. The second-order valence-corrected chi connectivity index (χ2v) is 7.24. The Bertz CT molecular complexity index is 626. The van der Waals surface area contributed by atoms with Crippen molar-refractivity contribution in [3.63, 3.8) is 0 Å². The third-order valence-corrected chi connectivity index (χ3v) is 4.86. The third-order valence-electron chi connectivity index (χ3n) is 4.86. The zero-order valence-corrected chi connectivity index (χ0v) is 14.1. The maximum atomic E-state index is 13.0. The van der Waals surface area contributed by atoms with Gasteiger partial charge in [0.05, 0.1) is 17.9 Å². The number of anilines is 2. The zero-order chi connectivity index (χ0) is 16.6. The van der Waals surface area contributed by atoms with Gasteiger partial charge in [0.1, 0.15) is 5.54 Å². The smallest absolute Gasteiger partial charge is 0.250 e. The number of carbonyl (C=O) groups excluding carboxylic acids is 2. The molecule has 1 atom stereocenters. The lowest BCUT2D eigenvalue weighted by Crippen LogP contribution is -2.60. The molecule has 2 aliphatic heterocycles. The molecule has 1 N–H and O–H groups in total. The first-order valence-corrected chi connectivity index (χ1v) is 8.35.